The van der Waals surface area contributed by atoms with Crippen molar-refractivity contribution in [1.82, 2.24) is 0 Å². The van der Waals surface area contributed by atoms with Gasteiger partial charge in [0.25, 0.3) is 0 Å². The molecular formula is C54H106O3. The third-order valence-corrected chi connectivity index (χ3v) is 0.673. The van der Waals surface area contributed by atoms with Crippen molar-refractivity contribution in [1.29, 1.82) is 0 Å². The number of hydrogen-bond acceptors (Lipinski definition) is 3. The van der Waals surface area contributed by atoms with E-state index in [9.17, 15) is 4.79 Å². The highest BCUT2D eigenvalue weighted by Gasteiger charge is 1.99. The number of aliphatic hydroxyl groups is 1. The molecular weight excluding hydrogens is 697 g/mol. The quantitative estimate of drug-likeness (QED) is 0.176. The maximum atomic E-state index is 10.5. The second kappa shape index (κ2) is 319. The van der Waals surface area contributed by atoms with Crippen LogP contribution in [0.3, 0.4) is 0 Å². The molecule has 0 unspecified atom stereocenters. The van der Waals surface area contributed by atoms with Crippen LogP contribution in [0.5, 0.6) is 0 Å². The molecule has 0 atom stereocenters. The summed E-state index contributed by atoms with van der Waals surface area (Å²) in [7, 11) is 0. The van der Waals surface area contributed by atoms with E-state index >= 15 is 0 Å². The van der Waals surface area contributed by atoms with Gasteiger partial charge in [-0.3, -0.25) is 0 Å². The topological polar surface area (TPSA) is 46.5 Å². The Morgan fingerprint density at radius 1 is 0.351 bits per heavy atom. The third kappa shape index (κ3) is 13500. The Hall–Kier alpha value is -4.99. The van der Waals surface area contributed by atoms with Gasteiger partial charge in [0, 0.05) is 5.57 Å². The summed E-state index contributed by atoms with van der Waals surface area (Å²) in [5, 5.41) is 8.19. The lowest BCUT2D eigenvalue weighted by molar-refractivity contribution is -0.139. The molecule has 0 radical (unpaired) electrons. The first kappa shape index (κ1) is 110. The zero-order chi connectivity index (χ0) is 50.6. The first-order chi connectivity index (χ1) is 26.8. The van der Waals surface area contributed by atoms with Crippen LogP contribution >= 0.6 is 0 Å². The molecule has 0 aromatic rings. The molecule has 0 saturated carbocycles. The fourth-order valence-electron chi connectivity index (χ4n) is 0.262. The maximum Gasteiger partial charge on any atom is 0.333 e. The van der Waals surface area contributed by atoms with Crippen molar-refractivity contribution in [2.24, 2.45) is 0 Å². The summed E-state index contributed by atoms with van der Waals surface area (Å²) < 4.78 is 4.46. The van der Waals surface area contributed by atoms with Gasteiger partial charge in [0.05, 0.1) is 6.61 Å². The van der Waals surface area contributed by atoms with Crippen LogP contribution < -0.4 is 0 Å². The second-order valence-corrected chi connectivity index (χ2v) is 8.17. The van der Waals surface area contributed by atoms with E-state index in [1.807, 2.05) is 111 Å². The minimum absolute atomic E-state index is 0.0473. The lowest BCUT2D eigenvalue weighted by Crippen LogP contribution is -2.08. The Labute approximate surface area is 365 Å². The smallest absolute Gasteiger partial charge is 0.333 e. The van der Waals surface area contributed by atoms with Crippen LogP contribution in [0, 0.1) is 0 Å². The Bertz CT molecular complexity index is 538. The van der Waals surface area contributed by atoms with Crippen molar-refractivity contribution >= 4 is 5.97 Å². The van der Waals surface area contributed by atoms with Crippen molar-refractivity contribution in [3.8, 4) is 0 Å². The van der Waals surface area contributed by atoms with E-state index < -0.39 is 5.97 Å². The molecule has 0 aliphatic heterocycles. The van der Waals surface area contributed by atoms with Crippen LogP contribution in [-0.2, 0) is 9.53 Å². The number of carbonyl (C=O) groups excluding carboxylic acids is 1. The molecule has 3 nitrogen and oxygen atoms in total. The summed E-state index contributed by atoms with van der Waals surface area (Å²) in [5.74, 6) is -0.455. The van der Waals surface area contributed by atoms with Crippen LogP contribution in [0.25, 0.3) is 0 Å². The monoisotopic (exact) mass is 803 g/mol. The van der Waals surface area contributed by atoms with Crippen molar-refractivity contribution < 1.29 is 14.6 Å². The number of carbonyl (C=O) groups is 1. The molecule has 0 aliphatic carbocycles. The predicted octanol–water partition coefficient (Wildman–Crippen LogP) is 19.2. The molecule has 1 N–H and O–H groups in total. The molecule has 0 aromatic carbocycles. The van der Waals surface area contributed by atoms with Gasteiger partial charge in [-0.1, -0.05) is 104 Å². The van der Waals surface area contributed by atoms with E-state index in [0.29, 0.717) is 5.57 Å². The summed E-state index contributed by atoms with van der Waals surface area (Å²) in [5.41, 5.74) is 0.350. The summed E-state index contributed by atoms with van der Waals surface area (Å²) in [4.78, 5) is 10.5. The van der Waals surface area contributed by atoms with Gasteiger partial charge in [-0.15, -0.1) is 105 Å². The van der Waals surface area contributed by atoms with Gasteiger partial charge in [-0.25, -0.2) is 4.79 Å². The third-order valence-electron chi connectivity index (χ3n) is 0.673. The number of esters is 1. The Morgan fingerprint density at radius 3 is 0.491 bits per heavy atom. The molecule has 0 rings (SSSR count). The second-order valence-electron chi connectivity index (χ2n) is 8.17. The van der Waals surface area contributed by atoms with Crippen molar-refractivity contribution in [2.45, 2.75) is 118 Å². The first-order valence-electron chi connectivity index (χ1n) is 18.4. The highest BCUT2D eigenvalue weighted by molar-refractivity contribution is 5.86. The molecule has 0 fully saturated rings. The van der Waals surface area contributed by atoms with Gasteiger partial charge in [0.15, 0.2) is 0 Å². The standard InChI is InChI=1S/C6H10O3.16C3H6/c1-5(2)6(8)9-4-3-7;16*1-3-2/h7H,1,3-4H2,2H3;16*3H,1H2,2H3. The Kier molecular flexibility index (Phi) is 617. The van der Waals surface area contributed by atoms with Gasteiger partial charge in [0.1, 0.15) is 6.61 Å². The molecule has 0 aliphatic rings. The summed E-state index contributed by atoms with van der Waals surface area (Å²) in [6.45, 7) is 88.8. The Balaban J connectivity index is -0.0000000202. The molecule has 0 heterocycles. The number of aliphatic hydroxyl groups excluding tert-OH is 1. The molecule has 0 spiro atoms. The van der Waals surface area contributed by atoms with Gasteiger partial charge in [-0.05, 0) is 118 Å². The zero-order valence-corrected chi connectivity index (χ0v) is 41.9. The SMILES string of the molecule is C=C(C)C(=O)OCCO.C=CC.C=CC.C=CC.C=CC.C=CC.C=CC.C=CC.C=CC.C=CC.C=CC.C=CC.C=CC.C=CC.C=CC.C=CC.C=CC. The fraction of sp³-hybridized carbons (Fsp3) is 0.352. The van der Waals surface area contributed by atoms with Gasteiger partial charge < -0.3 is 9.84 Å². The highest BCUT2D eigenvalue weighted by Crippen LogP contribution is 1.89. The molecule has 3 heteroatoms. The largest absolute Gasteiger partial charge is 0.460 e. The zero-order valence-electron chi connectivity index (χ0n) is 41.9. The number of hydrogen-bond donors (Lipinski definition) is 1. The lowest BCUT2D eigenvalue weighted by Gasteiger charge is -1.99. The molecule has 57 heavy (non-hydrogen) atoms. The number of rotatable bonds is 3. The Morgan fingerprint density at radius 2 is 0.439 bits per heavy atom. The van der Waals surface area contributed by atoms with Crippen molar-refractivity contribution in [3.05, 3.63) is 215 Å². The van der Waals surface area contributed by atoms with Gasteiger partial charge in [-0.2, -0.15) is 0 Å². The normalized spacial score (nSPS) is 5.02. The molecule has 0 amide bonds. The van der Waals surface area contributed by atoms with E-state index in [1.165, 1.54) is 0 Å². The van der Waals surface area contributed by atoms with Crippen LogP contribution in [0.2, 0.25) is 0 Å². The minimum Gasteiger partial charge on any atom is -0.460 e. The van der Waals surface area contributed by atoms with Gasteiger partial charge >= 0.3 is 5.97 Å². The lowest BCUT2D eigenvalue weighted by atomic mass is 10.4. The summed E-state index contributed by atoms with van der Waals surface area (Å²) in [6.07, 6.45) is 28.0. The molecule has 0 bridgehead atoms. The first-order valence-corrected chi connectivity index (χ1v) is 18.4. The van der Waals surface area contributed by atoms with E-state index in [0.717, 1.165) is 0 Å². The number of allylic oxidation sites excluding steroid dienone is 16. The van der Waals surface area contributed by atoms with Crippen LogP contribution in [-0.4, -0.2) is 24.3 Å². The molecule has 0 aromatic heterocycles. The van der Waals surface area contributed by atoms with E-state index in [4.69, 9.17) is 5.11 Å². The van der Waals surface area contributed by atoms with Crippen molar-refractivity contribution in [2.75, 3.05) is 13.2 Å². The highest BCUT2D eigenvalue weighted by atomic mass is 16.5. The summed E-state index contributed by atoms with van der Waals surface area (Å²) in [6, 6.07) is 0. The predicted molar refractivity (Wildman–Crippen MR) is 287 cm³/mol. The van der Waals surface area contributed by atoms with E-state index in [1.54, 1.807) is 104 Å². The fourth-order valence-corrected chi connectivity index (χ4v) is 0.262. The van der Waals surface area contributed by atoms with E-state index in [-0.39, 0.29) is 13.2 Å². The van der Waals surface area contributed by atoms with E-state index in [2.05, 4.69) is 117 Å². The maximum absolute atomic E-state index is 10.5. The molecule has 340 valence electrons. The van der Waals surface area contributed by atoms with Crippen molar-refractivity contribution in [3.63, 3.8) is 0 Å². The molecule has 0 saturated heterocycles. The minimum atomic E-state index is -0.455. The van der Waals surface area contributed by atoms with Crippen LogP contribution in [0.4, 0.5) is 0 Å². The van der Waals surface area contributed by atoms with Gasteiger partial charge in [0.2, 0.25) is 0 Å². The van der Waals surface area contributed by atoms with Crippen LogP contribution in [0.1, 0.15) is 118 Å². The average Bonchev–Trinajstić information content (AvgIpc) is 3.10. The average molecular weight is 803 g/mol. The summed E-state index contributed by atoms with van der Waals surface area (Å²) >= 11 is 0. The van der Waals surface area contributed by atoms with Crippen LogP contribution in [0.15, 0.2) is 215 Å². The number of ether oxygens (including phenoxy) is 1.